The molecule has 0 atom stereocenters. The van der Waals surface area contributed by atoms with Crippen LogP contribution in [0.1, 0.15) is 26.6 Å². The number of rotatable bonds is 5. The van der Waals surface area contributed by atoms with E-state index in [0.717, 1.165) is 54.5 Å². The molecule has 7 nitrogen and oxygen atoms in total. The molecule has 1 aliphatic rings. The average Bonchev–Trinajstić information content (AvgIpc) is 3.02. The van der Waals surface area contributed by atoms with Gasteiger partial charge >= 0.3 is 5.97 Å². The van der Waals surface area contributed by atoms with Crippen molar-refractivity contribution >= 4 is 27.5 Å². The number of ether oxygens (including phenoxy) is 3. The third-order valence-electron chi connectivity index (χ3n) is 5.12. The van der Waals surface area contributed by atoms with Crippen molar-refractivity contribution in [1.29, 1.82) is 0 Å². The van der Waals surface area contributed by atoms with Crippen molar-refractivity contribution in [3.8, 4) is 11.6 Å². The number of aromatic nitrogens is 2. The smallest absolute Gasteiger partial charge is 0.337 e. The van der Waals surface area contributed by atoms with Gasteiger partial charge in [-0.1, -0.05) is 6.07 Å². The molecule has 0 saturated carbocycles. The second-order valence-electron chi connectivity index (χ2n) is 7.07. The van der Waals surface area contributed by atoms with Crippen molar-refractivity contribution in [2.24, 2.45) is 0 Å². The second-order valence-corrected chi connectivity index (χ2v) is 8.27. The Labute approximate surface area is 173 Å². The lowest BCUT2D eigenvalue weighted by molar-refractivity contribution is -0.922. The molecule has 8 heteroatoms. The number of methoxy groups -OCH3 is 1. The third-order valence-corrected chi connectivity index (χ3v) is 6.22. The summed E-state index contributed by atoms with van der Waals surface area (Å²) >= 11 is 1.65. The SMILES string of the molecule is COC(=O)c1cccc(Oc2nc(C[NH+]3CCOCC3)nc3sc(C)c(C)c23)c1. The van der Waals surface area contributed by atoms with E-state index >= 15 is 0 Å². The Hall–Kier alpha value is -2.55. The summed E-state index contributed by atoms with van der Waals surface area (Å²) in [7, 11) is 1.36. The number of fused-ring (bicyclic) bond motifs is 1. The molecule has 0 unspecified atom stereocenters. The molecule has 4 rings (SSSR count). The van der Waals surface area contributed by atoms with Gasteiger partial charge in [0.1, 0.15) is 30.2 Å². The standard InChI is InChI=1S/C21H23N3O4S/c1-13-14(2)29-20-18(13)19(22-17(23-20)12-24-7-9-27-10-8-24)28-16-6-4-5-15(11-16)21(25)26-3/h4-6,11H,7-10,12H2,1-3H3/p+1. The molecule has 3 aromatic rings. The molecule has 1 saturated heterocycles. The fourth-order valence-electron chi connectivity index (χ4n) is 3.38. The number of aryl methyl sites for hydroxylation is 2. The van der Waals surface area contributed by atoms with Crippen LogP contribution in [0.25, 0.3) is 10.2 Å². The van der Waals surface area contributed by atoms with Crippen LogP contribution in [0.5, 0.6) is 11.6 Å². The third kappa shape index (κ3) is 4.24. The number of thiophene rings is 1. The van der Waals surface area contributed by atoms with E-state index in [1.165, 1.54) is 16.9 Å². The first-order valence-corrected chi connectivity index (χ1v) is 10.4. The minimum Gasteiger partial charge on any atom is -0.465 e. The largest absolute Gasteiger partial charge is 0.465 e. The number of carbonyl (C=O) groups excluding carboxylic acids is 1. The van der Waals surface area contributed by atoms with Gasteiger partial charge in [0.2, 0.25) is 5.88 Å². The highest BCUT2D eigenvalue weighted by molar-refractivity contribution is 7.18. The highest BCUT2D eigenvalue weighted by Gasteiger charge is 2.21. The molecular formula is C21H24N3O4S+. The van der Waals surface area contributed by atoms with Gasteiger partial charge in [0.15, 0.2) is 5.82 Å². The average molecular weight is 415 g/mol. The van der Waals surface area contributed by atoms with E-state index in [1.807, 2.05) is 6.07 Å². The Morgan fingerprint density at radius 1 is 1.24 bits per heavy atom. The van der Waals surface area contributed by atoms with Gasteiger partial charge < -0.3 is 19.1 Å². The van der Waals surface area contributed by atoms with Crippen molar-refractivity contribution in [2.45, 2.75) is 20.4 Å². The van der Waals surface area contributed by atoms with E-state index < -0.39 is 5.97 Å². The summed E-state index contributed by atoms with van der Waals surface area (Å²) in [6, 6.07) is 6.94. The number of hydrogen-bond donors (Lipinski definition) is 1. The van der Waals surface area contributed by atoms with E-state index in [2.05, 4.69) is 13.8 Å². The Balaban J connectivity index is 1.70. The maximum atomic E-state index is 11.8. The van der Waals surface area contributed by atoms with Crippen molar-refractivity contribution in [3.63, 3.8) is 0 Å². The molecule has 0 radical (unpaired) electrons. The van der Waals surface area contributed by atoms with Gasteiger partial charge in [-0.25, -0.2) is 9.78 Å². The van der Waals surface area contributed by atoms with Crippen LogP contribution in [-0.2, 0) is 16.0 Å². The van der Waals surface area contributed by atoms with Crippen LogP contribution in [0, 0.1) is 13.8 Å². The van der Waals surface area contributed by atoms with Crippen LogP contribution < -0.4 is 9.64 Å². The van der Waals surface area contributed by atoms with Crippen LogP contribution in [-0.4, -0.2) is 49.4 Å². The lowest BCUT2D eigenvalue weighted by Crippen LogP contribution is -3.12. The van der Waals surface area contributed by atoms with Crippen LogP contribution in [0.3, 0.4) is 0 Å². The lowest BCUT2D eigenvalue weighted by Gasteiger charge is -2.23. The molecule has 152 valence electrons. The Morgan fingerprint density at radius 3 is 2.79 bits per heavy atom. The lowest BCUT2D eigenvalue weighted by atomic mass is 10.2. The number of hydrogen-bond acceptors (Lipinski definition) is 7. The number of quaternary nitrogens is 1. The molecular weight excluding hydrogens is 390 g/mol. The quantitative estimate of drug-likeness (QED) is 0.646. The van der Waals surface area contributed by atoms with Crippen LogP contribution in [0.15, 0.2) is 24.3 Å². The topological polar surface area (TPSA) is 75.0 Å². The molecule has 0 aliphatic carbocycles. The predicted molar refractivity (Wildman–Crippen MR) is 110 cm³/mol. The zero-order valence-corrected chi connectivity index (χ0v) is 17.6. The fraction of sp³-hybridized carbons (Fsp3) is 0.381. The normalized spacial score (nSPS) is 14.9. The number of benzene rings is 1. The first-order chi connectivity index (χ1) is 14.0. The highest BCUT2D eigenvalue weighted by Crippen LogP contribution is 2.36. The zero-order valence-electron chi connectivity index (χ0n) is 16.8. The van der Waals surface area contributed by atoms with Crippen molar-refractivity contribution < 1.29 is 23.9 Å². The van der Waals surface area contributed by atoms with E-state index in [0.29, 0.717) is 17.2 Å². The molecule has 0 spiro atoms. The molecule has 3 heterocycles. The Morgan fingerprint density at radius 2 is 2.03 bits per heavy atom. The molecule has 0 bridgehead atoms. The highest BCUT2D eigenvalue weighted by atomic mass is 32.1. The zero-order chi connectivity index (χ0) is 20.4. The van der Waals surface area contributed by atoms with Crippen molar-refractivity contribution in [3.05, 3.63) is 46.1 Å². The second kappa shape index (κ2) is 8.44. The van der Waals surface area contributed by atoms with Crippen LogP contribution in [0.2, 0.25) is 0 Å². The number of nitrogens with zero attached hydrogens (tertiary/aromatic N) is 2. The van der Waals surface area contributed by atoms with Crippen LogP contribution >= 0.6 is 11.3 Å². The predicted octanol–water partition coefficient (Wildman–Crippen LogP) is 2.30. The summed E-state index contributed by atoms with van der Waals surface area (Å²) in [6.07, 6.45) is 0. The van der Waals surface area contributed by atoms with Gasteiger partial charge in [-0.05, 0) is 37.6 Å². The van der Waals surface area contributed by atoms with E-state index in [1.54, 1.807) is 29.5 Å². The summed E-state index contributed by atoms with van der Waals surface area (Å²) in [5.41, 5.74) is 1.56. The maximum absolute atomic E-state index is 11.8. The van der Waals surface area contributed by atoms with Crippen molar-refractivity contribution in [2.75, 3.05) is 33.4 Å². The molecule has 0 amide bonds. The fourth-order valence-corrected chi connectivity index (χ4v) is 4.42. The number of morpholine rings is 1. The first-order valence-electron chi connectivity index (χ1n) is 9.59. The molecule has 1 aromatic carbocycles. The Bertz CT molecular complexity index is 1040. The Kier molecular flexibility index (Phi) is 5.75. The first kappa shape index (κ1) is 19.8. The molecule has 1 aliphatic heterocycles. The summed E-state index contributed by atoms with van der Waals surface area (Å²) in [4.78, 5) is 24.9. The van der Waals surface area contributed by atoms with E-state index in [9.17, 15) is 4.79 Å². The molecule has 1 fully saturated rings. The summed E-state index contributed by atoms with van der Waals surface area (Å²) in [6.45, 7) is 8.28. The number of nitrogens with one attached hydrogen (secondary N) is 1. The maximum Gasteiger partial charge on any atom is 0.337 e. The van der Waals surface area contributed by atoms with E-state index in [-0.39, 0.29) is 0 Å². The molecule has 1 N–H and O–H groups in total. The number of esters is 1. The van der Waals surface area contributed by atoms with Gasteiger partial charge in [-0.3, -0.25) is 0 Å². The van der Waals surface area contributed by atoms with Crippen molar-refractivity contribution in [1.82, 2.24) is 9.97 Å². The van der Waals surface area contributed by atoms with E-state index in [4.69, 9.17) is 24.2 Å². The molecule has 29 heavy (non-hydrogen) atoms. The molecule has 2 aromatic heterocycles. The monoisotopic (exact) mass is 414 g/mol. The van der Waals surface area contributed by atoms with Crippen LogP contribution in [0.4, 0.5) is 0 Å². The van der Waals surface area contributed by atoms with Gasteiger partial charge in [-0.2, -0.15) is 4.98 Å². The minimum absolute atomic E-state index is 0.401. The minimum atomic E-state index is -0.401. The van der Waals surface area contributed by atoms with Gasteiger partial charge in [0.05, 0.1) is 31.3 Å². The van der Waals surface area contributed by atoms with Gasteiger partial charge in [0, 0.05) is 4.88 Å². The summed E-state index contributed by atoms with van der Waals surface area (Å²) < 4.78 is 16.4. The van der Waals surface area contributed by atoms with Gasteiger partial charge in [-0.15, -0.1) is 11.3 Å². The summed E-state index contributed by atoms with van der Waals surface area (Å²) in [5.74, 6) is 1.43. The summed E-state index contributed by atoms with van der Waals surface area (Å²) in [5, 5.41) is 0.927. The number of carbonyl (C=O) groups is 1. The van der Waals surface area contributed by atoms with Gasteiger partial charge in [0.25, 0.3) is 0 Å².